The average molecular weight is 490 g/mol. The van der Waals surface area contributed by atoms with Crippen LogP contribution < -0.4 is 10.1 Å². The third kappa shape index (κ3) is 4.70. The van der Waals surface area contributed by atoms with Crippen molar-refractivity contribution in [2.75, 3.05) is 6.61 Å². The van der Waals surface area contributed by atoms with Crippen LogP contribution in [0.15, 0.2) is 46.8 Å². The lowest BCUT2D eigenvalue weighted by Crippen LogP contribution is -2.34. The van der Waals surface area contributed by atoms with E-state index in [1.54, 1.807) is 6.92 Å². The van der Waals surface area contributed by atoms with E-state index >= 15 is 0 Å². The number of aryl methyl sites for hydroxylation is 1. The van der Waals surface area contributed by atoms with E-state index in [0.29, 0.717) is 29.0 Å². The Bertz CT molecular complexity index is 1180. The van der Waals surface area contributed by atoms with Crippen LogP contribution in [-0.4, -0.2) is 18.4 Å². The second-order valence-corrected chi connectivity index (χ2v) is 9.77. The third-order valence-electron chi connectivity index (χ3n) is 5.87. The maximum Gasteiger partial charge on any atom is 0.336 e. The van der Waals surface area contributed by atoms with Crippen molar-refractivity contribution in [3.8, 4) is 5.75 Å². The summed E-state index contributed by atoms with van der Waals surface area (Å²) in [5.41, 5.74) is 3.66. The van der Waals surface area contributed by atoms with Gasteiger partial charge in [0, 0.05) is 38.7 Å². The number of allylic oxidation sites excluding steroid dienone is 3. The number of nitrogens with one attached hydrogen (secondary N) is 1. The Morgan fingerprint density at radius 3 is 2.79 bits per heavy atom. The first-order valence-corrected chi connectivity index (χ1v) is 12.1. The van der Waals surface area contributed by atoms with Gasteiger partial charge in [0.1, 0.15) is 18.2 Å². The molecule has 1 aliphatic heterocycles. The molecule has 1 aromatic carbocycles. The second kappa shape index (κ2) is 9.69. The topological polar surface area (TPSA) is 64.6 Å². The number of thiophene rings is 1. The van der Waals surface area contributed by atoms with Gasteiger partial charge in [0.05, 0.1) is 23.1 Å². The fraction of sp³-hybridized carbons (Fsp3) is 0.360. The van der Waals surface area contributed by atoms with Crippen LogP contribution in [0.3, 0.4) is 0 Å². The summed E-state index contributed by atoms with van der Waals surface area (Å²) in [6.45, 7) is 6.07. The molecule has 1 aromatic heterocycles. The van der Waals surface area contributed by atoms with Crippen molar-refractivity contribution in [2.45, 2.75) is 52.6 Å². The van der Waals surface area contributed by atoms with Crippen molar-refractivity contribution in [1.29, 1.82) is 0 Å². The summed E-state index contributed by atoms with van der Waals surface area (Å²) in [6, 6.07) is 5.98. The Balaban J connectivity index is 1.70. The molecule has 5 nitrogen and oxygen atoms in total. The normalized spacial score (nSPS) is 18.2. The molecule has 0 saturated carbocycles. The summed E-state index contributed by atoms with van der Waals surface area (Å²) in [5.74, 6) is -0.867. The molecule has 33 heavy (non-hydrogen) atoms. The number of Topliss-reactive ketones (excluding diaryl/α,β-unsaturated/α-hetero) is 1. The lowest BCUT2D eigenvalue weighted by atomic mass is 9.78. The van der Waals surface area contributed by atoms with Gasteiger partial charge in [0.25, 0.3) is 0 Å². The van der Waals surface area contributed by atoms with Crippen molar-refractivity contribution < 1.29 is 23.5 Å². The number of dihydropyridines is 1. The zero-order valence-corrected chi connectivity index (χ0v) is 20.3. The first-order chi connectivity index (χ1) is 15.8. The molecule has 1 atom stereocenters. The molecule has 2 aromatic rings. The molecule has 0 spiro atoms. The summed E-state index contributed by atoms with van der Waals surface area (Å²) in [7, 11) is 0. The Labute approximate surface area is 201 Å². The summed E-state index contributed by atoms with van der Waals surface area (Å²) in [4.78, 5) is 27.8. The Morgan fingerprint density at radius 2 is 2.06 bits per heavy atom. The molecular weight excluding hydrogens is 465 g/mol. The van der Waals surface area contributed by atoms with Crippen LogP contribution >= 0.6 is 22.9 Å². The van der Waals surface area contributed by atoms with Crippen LogP contribution in [0.4, 0.5) is 4.39 Å². The average Bonchev–Trinajstić information content (AvgIpc) is 3.12. The van der Waals surface area contributed by atoms with E-state index in [4.69, 9.17) is 21.1 Å². The SMILES string of the molecule is CCOC(=O)C1=C(C)NC2=C(C(=O)CCC2)[C@@H]1c1cc(COc2ccc(F)cc2Cl)c(C)s1. The summed E-state index contributed by atoms with van der Waals surface area (Å²) >= 11 is 7.62. The van der Waals surface area contributed by atoms with Gasteiger partial charge in [0.2, 0.25) is 0 Å². The van der Waals surface area contributed by atoms with Crippen LogP contribution in [-0.2, 0) is 20.9 Å². The number of hydrogen-bond donors (Lipinski definition) is 1. The fourth-order valence-corrected chi connectivity index (χ4v) is 5.70. The molecule has 0 unspecified atom stereocenters. The summed E-state index contributed by atoms with van der Waals surface area (Å²) < 4.78 is 24.5. The highest BCUT2D eigenvalue weighted by molar-refractivity contribution is 7.12. The maximum absolute atomic E-state index is 13.3. The molecule has 0 bridgehead atoms. The van der Waals surface area contributed by atoms with Crippen molar-refractivity contribution in [3.05, 3.63) is 73.0 Å². The zero-order chi connectivity index (χ0) is 23.7. The van der Waals surface area contributed by atoms with Crippen LogP contribution in [0.25, 0.3) is 0 Å². The third-order valence-corrected chi connectivity index (χ3v) is 7.33. The van der Waals surface area contributed by atoms with E-state index < -0.39 is 17.7 Å². The molecule has 0 fully saturated rings. The van der Waals surface area contributed by atoms with Crippen molar-refractivity contribution >= 4 is 34.7 Å². The molecule has 174 valence electrons. The standard InChI is InChI=1S/C25H25ClFNO4S/c1-4-31-25(30)22-13(2)28-18-6-5-7-19(29)23(18)24(22)21-10-15(14(3)33-21)12-32-20-9-8-16(27)11-17(20)26/h8-11,24,28H,4-7,12H2,1-3H3/t24-/m1/s1. The second-order valence-electron chi connectivity index (χ2n) is 8.08. The minimum atomic E-state index is -0.472. The van der Waals surface area contributed by atoms with E-state index in [1.807, 2.05) is 19.9 Å². The number of halogens is 2. The van der Waals surface area contributed by atoms with Crippen molar-refractivity contribution in [2.24, 2.45) is 0 Å². The highest BCUT2D eigenvalue weighted by Gasteiger charge is 2.40. The van der Waals surface area contributed by atoms with Crippen LogP contribution in [0.1, 0.15) is 54.3 Å². The summed E-state index contributed by atoms with van der Waals surface area (Å²) in [5, 5.41) is 3.49. The van der Waals surface area contributed by atoms with Gasteiger partial charge in [-0.15, -0.1) is 11.3 Å². The molecule has 4 rings (SSSR count). The Hall–Kier alpha value is -2.64. The van der Waals surface area contributed by atoms with Gasteiger partial charge in [0.15, 0.2) is 5.78 Å². The number of benzene rings is 1. The van der Waals surface area contributed by atoms with Crippen molar-refractivity contribution in [1.82, 2.24) is 5.32 Å². The van der Waals surface area contributed by atoms with Crippen LogP contribution in [0.5, 0.6) is 5.75 Å². The summed E-state index contributed by atoms with van der Waals surface area (Å²) in [6.07, 6.45) is 2.03. The van der Waals surface area contributed by atoms with Crippen molar-refractivity contribution in [3.63, 3.8) is 0 Å². The maximum atomic E-state index is 13.3. The van der Waals surface area contributed by atoms with Gasteiger partial charge in [-0.2, -0.15) is 0 Å². The minimum Gasteiger partial charge on any atom is -0.487 e. The number of ketones is 1. The van der Waals surface area contributed by atoms with E-state index in [0.717, 1.165) is 33.9 Å². The lowest BCUT2D eigenvalue weighted by molar-refractivity contribution is -0.138. The molecule has 2 aliphatic rings. The monoisotopic (exact) mass is 489 g/mol. The number of rotatable bonds is 6. The van der Waals surface area contributed by atoms with Crippen LogP contribution in [0, 0.1) is 12.7 Å². The number of hydrogen-bond acceptors (Lipinski definition) is 6. The van der Waals surface area contributed by atoms with E-state index in [2.05, 4.69) is 5.32 Å². The number of esters is 1. The molecule has 2 heterocycles. The largest absolute Gasteiger partial charge is 0.487 e. The Morgan fingerprint density at radius 1 is 1.27 bits per heavy atom. The molecule has 0 saturated heterocycles. The quantitative estimate of drug-likeness (QED) is 0.507. The number of ether oxygens (including phenoxy) is 2. The predicted octanol–water partition coefficient (Wildman–Crippen LogP) is 5.96. The molecule has 0 amide bonds. The first-order valence-electron chi connectivity index (χ1n) is 10.9. The number of carbonyl (C=O) groups excluding carboxylic acids is 2. The molecule has 1 aliphatic carbocycles. The van der Waals surface area contributed by atoms with E-state index in [9.17, 15) is 14.0 Å². The van der Waals surface area contributed by atoms with Gasteiger partial charge in [-0.1, -0.05) is 11.6 Å². The smallest absolute Gasteiger partial charge is 0.336 e. The number of carbonyl (C=O) groups is 2. The highest BCUT2D eigenvalue weighted by Crippen LogP contribution is 2.45. The van der Waals surface area contributed by atoms with Gasteiger partial charge in [-0.25, -0.2) is 9.18 Å². The highest BCUT2D eigenvalue weighted by atomic mass is 35.5. The fourth-order valence-electron chi connectivity index (χ4n) is 4.33. The van der Waals surface area contributed by atoms with Gasteiger partial charge in [-0.3, -0.25) is 4.79 Å². The molecule has 8 heteroatoms. The molecule has 1 N–H and O–H groups in total. The zero-order valence-electron chi connectivity index (χ0n) is 18.7. The Kier molecular flexibility index (Phi) is 6.91. The first kappa shape index (κ1) is 23.5. The van der Waals surface area contributed by atoms with E-state index in [1.165, 1.54) is 29.5 Å². The van der Waals surface area contributed by atoms with Gasteiger partial charge in [-0.05, 0) is 57.9 Å². The predicted molar refractivity (Wildman–Crippen MR) is 126 cm³/mol. The minimum absolute atomic E-state index is 0.0602. The molecular formula is C25H25ClFNO4S. The van der Waals surface area contributed by atoms with Gasteiger partial charge >= 0.3 is 5.97 Å². The lowest BCUT2D eigenvalue weighted by Gasteiger charge is -2.33. The van der Waals surface area contributed by atoms with Crippen LogP contribution in [0.2, 0.25) is 5.02 Å². The van der Waals surface area contributed by atoms with E-state index in [-0.39, 0.29) is 24.0 Å². The molecule has 0 radical (unpaired) electrons. The van der Waals surface area contributed by atoms with Gasteiger partial charge < -0.3 is 14.8 Å².